The molecule has 0 unspecified atom stereocenters. The van der Waals surface area contributed by atoms with Crippen LogP contribution in [0.25, 0.3) is 0 Å². The number of fused-ring (bicyclic) bond motifs is 2. The molecule has 2 bridgehead atoms. The molecule has 2 saturated carbocycles. The summed E-state index contributed by atoms with van der Waals surface area (Å²) in [4.78, 5) is 12.6. The fourth-order valence-corrected chi connectivity index (χ4v) is 6.19. The van der Waals surface area contributed by atoms with Gasteiger partial charge in [0.25, 0.3) is 5.91 Å². The summed E-state index contributed by atoms with van der Waals surface area (Å²) in [6.45, 7) is 0.500. The fraction of sp³-hybridized carbons (Fsp3) is 0.611. The van der Waals surface area contributed by atoms with Crippen molar-refractivity contribution in [1.82, 2.24) is 5.32 Å². The Balaban J connectivity index is 1.51. The number of nitrogens with zero attached hydrogens (tertiary/aromatic N) is 1. The van der Waals surface area contributed by atoms with E-state index < -0.39 is 10.0 Å². The third kappa shape index (κ3) is 2.92. The number of anilines is 1. The molecule has 1 saturated heterocycles. The number of rotatable bonds is 3. The van der Waals surface area contributed by atoms with Gasteiger partial charge in [-0.1, -0.05) is 12.5 Å². The second-order valence-corrected chi connectivity index (χ2v) is 9.41. The molecule has 1 N–H and O–H groups in total. The van der Waals surface area contributed by atoms with Gasteiger partial charge in [-0.25, -0.2) is 8.42 Å². The Kier molecular flexibility index (Phi) is 4.03. The molecule has 6 heteroatoms. The van der Waals surface area contributed by atoms with Gasteiger partial charge in [0.2, 0.25) is 10.0 Å². The minimum absolute atomic E-state index is 0.0798. The van der Waals surface area contributed by atoms with E-state index in [1.54, 1.807) is 24.3 Å². The van der Waals surface area contributed by atoms with Crippen LogP contribution in [-0.2, 0) is 10.0 Å². The SMILES string of the molecule is O=C(N[C@H]1C[C@@H]2CC[C@@H]1C2)c1cccc(N2CCCCS2(=O)=O)c1. The Bertz CT molecular complexity index is 746. The van der Waals surface area contributed by atoms with E-state index in [1.807, 2.05) is 0 Å². The van der Waals surface area contributed by atoms with E-state index in [0.29, 0.717) is 36.2 Å². The lowest BCUT2D eigenvalue weighted by atomic mass is 9.95. The molecule has 0 radical (unpaired) electrons. The van der Waals surface area contributed by atoms with Gasteiger partial charge in [-0.15, -0.1) is 0 Å². The molecule has 1 aromatic rings. The van der Waals surface area contributed by atoms with Crippen LogP contribution in [-0.4, -0.2) is 32.7 Å². The quantitative estimate of drug-likeness (QED) is 0.913. The number of amides is 1. The normalized spacial score (nSPS) is 31.2. The van der Waals surface area contributed by atoms with Gasteiger partial charge in [-0.3, -0.25) is 9.10 Å². The minimum atomic E-state index is -3.25. The van der Waals surface area contributed by atoms with Crippen molar-refractivity contribution >= 4 is 21.6 Å². The number of hydrogen-bond acceptors (Lipinski definition) is 3. The number of sulfonamides is 1. The molecule has 3 atom stereocenters. The lowest BCUT2D eigenvalue weighted by molar-refractivity contribution is 0.0923. The number of carbonyl (C=O) groups is 1. The van der Waals surface area contributed by atoms with Gasteiger partial charge in [0.05, 0.1) is 11.4 Å². The maximum absolute atomic E-state index is 12.6. The topological polar surface area (TPSA) is 66.5 Å². The van der Waals surface area contributed by atoms with Crippen molar-refractivity contribution < 1.29 is 13.2 Å². The maximum Gasteiger partial charge on any atom is 0.251 e. The summed E-state index contributed by atoms with van der Waals surface area (Å²) in [7, 11) is -3.25. The molecular weight excluding hydrogens is 324 g/mol. The molecule has 1 heterocycles. The van der Waals surface area contributed by atoms with Gasteiger partial charge in [-0.2, -0.15) is 0 Å². The van der Waals surface area contributed by atoms with Gasteiger partial charge < -0.3 is 5.32 Å². The molecule has 3 aliphatic rings. The van der Waals surface area contributed by atoms with Crippen LogP contribution in [0.15, 0.2) is 24.3 Å². The third-order valence-electron chi connectivity index (χ3n) is 5.80. The molecular formula is C18H24N2O3S. The highest BCUT2D eigenvalue weighted by Gasteiger charge is 2.40. The van der Waals surface area contributed by atoms with Crippen molar-refractivity contribution in [2.24, 2.45) is 11.8 Å². The summed E-state index contributed by atoms with van der Waals surface area (Å²) >= 11 is 0. The van der Waals surface area contributed by atoms with Crippen molar-refractivity contribution in [3.05, 3.63) is 29.8 Å². The molecule has 3 fully saturated rings. The number of hydrogen-bond donors (Lipinski definition) is 1. The second kappa shape index (κ2) is 6.06. The standard InChI is InChI=1S/C18H24N2O3S/c21-18(19-17-11-13-6-7-14(17)10-13)15-4-3-5-16(12-15)20-8-1-2-9-24(20,22)23/h3-5,12-14,17H,1-2,6-11H2,(H,19,21)/t13-,14-,17+/m1/s1. The van der Waals surface area contributed by atoms with Gasteiger partial charge in [0.15, 0.2) is 0 Å². The average Bonchev–Trinajstić information content (AvgIpc) is 3.17. The van der Waals surface area contributed by atoms with E-state index >= 15 is 0 Å². The van der Waals surface area contributed by atoms with Crippen LogP contribution >= 0.6 is 0 Å². The Labute approximate surface area is 143 Å². The summed E-state index contributed by atoms with van der Waals surface area (Å²) in [6, 6.07) is 7.32. The third-order valence-corrected chi connectivity index (χ3v) is 7.67. The number of carbonyl (C=O) groups excluding carboxylic acids is 1. The Morgan fingerprint density at radius 3 is 2.75 bits per heavy atom. The van der Waals surface area contributed by atoms with E-state index in [0.717, 1.165) is 18.8 Å². The van der Waals surface area contributed by atoms with Crippen molar-refractivity contribution in [2.45, 2.75) is 44.6 Å². The summed E-state index contributed by atoms with van der Waals surface area (Å²) < 4.78 is 26.0. The van der Waals surface area contributed by atoms with Crippen LogP contribution in [0.5, 0.6) is 0 Å². The first-order valence-corrected chi connectivity index (χ1v) is 10.6. The van der Waals surface area contributed by atoms with Gasteiger partial charge in [-0.05, 0) is 62.1 Å². The molecule has 2 aliphatic carbocycles. The van der Waals surface area contributed by atoms with Crippen LogP contribution in [0, 0.1) is 11.8 Å². The van der Waals surface area contributed by atoms with E-state index in [1.165, 1.54) is 23.6 Å². The first-order valence-electron chi connectivity index (χ1n) is 8.94. The van der Waals surface area contributed by atoms with Gasteiger partial charge in [0.1, 0.15) is 0 Å². The second-order valence-electron chi connectivity index (χ2n) is 7.40. The van der Waals surface area contributed by atoms with Crippen LogP contribution in [0.4, 0.5) is 5.69 Å². The molecule has 5 nitrogen and oxygen atoms in total. The zero-order chi connectivity index (χ0) is 16.7. The lowest BCUT2D eigenvalue weighted by Crippen LogP contribution is -2.39. The summed E-state index contributed by atoms with van der Waals surface area (Å²) in [5.41, 5.74) is 1.16. The predicted octanol–water partition coefficient (Wildman–Crippen LogP) is 2.54. The molecule has 1 aliphatic heterocycles. The number of nitrogens with one attached hydrogen (secondary N) is 1. The van der Waals surface area contributed by atoms with Gasteiger partial charge >= 0.3 is 0 Å². The average molecular weight is 348 g/mol. The highest BCUT2D eigenvalue weighted by molar-refractivity contribution is 7.92. The summed E-state index contributed by atoms with van der Waals surface area (Å²) in [5, 5.41) is 3.17. The summed E-state index contributed by atoms with van der Waals surface area (Å²) in [6.07, 6.45) is 6.44. The molecule has 130 valence electrons. The molecule has 0 aromatic heterocycles. The van der Waals surface area contributed by atoms with E-state index in [9.17, 15) is 13.2 Å². The predicted molar refractivity (Wildman–Crippen MR) is 93.5 cm³/mol. The van der Waals surface area contributed by atoms with Crippen molar-refractivity contribution in [1.29, 1.82) is 0 Å². The zero-order valence-electron chi connectivity index (χ0n) is 13.8. The molecule has 0 spiro atoms. The smallest absolute Gasteiger partial charge is 0.251 e. The highest BCUT2D eigenvalue weighted by atomic mass is 32.2. The fourth-order valence-electron chi connectivity index (χ4n) is 4.55. The largest absolute Gasteiger partial charge is 0.349 e. The number of benzene rings is 1. The Hall–Kier alpha value is -1.56. The van der Waals surface area contributed by atoms with E-state index in [-0.39, 0.29) is 11.7 Å². The first-order chi connectivity index (χ1) is 11.5. The van der Waals surface area contributed by atoms with Crippen LogP contribution in [0.3, 0.4) is 0 Å². The van der Waals surface area contributed by atoms with Crippen molar-refractivity contribution in [3.8, 4) is 0 Å². The Morgan fingerprint density at radius 2 is 2.04 bits per heavy atom. The van der Waals surface area contributed by atoms with Crippen LogP contribution < -0.4 is 9.62 Å². The van der Waals surface area contributed by atoms with E-state index in [4.69, 9.17) is 0 Å². The summed E-state index contributed by atoms with van der Waals surface area (Å²) in [5.74, 6) is 1.52. The Morgan fingerprint density at radius 1 is 1.17 bits per heavy atom. The maximum atomic E-state index is 12.6. The van der Waals surface area contributed by atoms with Crippen LogP contribution in [0.1, 0.15) is 48.9 Å². The van der Waals surface area contributed by atoms with Crippen LogP contribution in [0.2, 0.25) is 0 Å². The zero-order valence-corrected chi connectivity index (χ0v) is 14.6. The molecule has 24 heavy (non-hydrogen) atoms. The van der Waals surface area contributed by atoms with Crippen molar-refractivity contribution in [3.63, 3.8) is 0 Å². The minimum Gasteiger partial charge on any atom is -0.349 e. The lowest BCUT2D eigenvalue weighted by Gasteiger charge is -2.28. The monoisotopic (exact) mass is 348 g/mol. The molecule has 1 amide bonds. The van der Waals surface area contributed by atoms with Gasteiger partial charge in [0, 0.05) is 18.2 Å². The highest BCUT2D eigenvalue weighted by Crippen LogP contribution is 2.44. The van der Waals surface area contributed by atoms with E-state index in [2.05, 4.69) is 5.32 Å². The molecule has 4 rings (SSSR count). The first kappa shape index (κ1) is 15.9. The van der Waals surface area contributed by atoms with Crippen molar-refractivity contribution in [2.75, 3.05) is 16.6 Å². The molecule has 1 aromatic carbocycles.